The van der Waals surface area contributed by atoms with Gasteiger partial charge >= 0.3 is 17.2 Å². The molecule has 11 heteroatoms. The van der Waals surface area contributed by atoms with Crippen LogP contribution in [0, 0.1) is 5.41 Å². The third-order valence-corrected chi connectivity index (χ3v) is 12.6. The molecule has 0 aliphatic rings. The smallest absolute Gasteiger partial charge is 0.334 e. The summed E-state index contributed by atoms with van der Waals surface area (Å²) in [6.07, 6.45) is 46.0. The lowest BCUT2D eigenvalue weighted by atomic mass is 9.68. The van der Waals surface area contributed by atoms with Crippen molar-refractivity contribution in [2.45, 2.75) is 251 Å². The number of aliphatic hydroxyl groups is 4. The van der Waals surface area contributed by atoms with Gasteiger partial charge in [-0.05, 0) is 12.8 Å². The van der Waals surface area contributed by atoms with E-state index in [0.29, 0.717) is 12.8 Å². The second-order valence-corrected chi connectivity index (χ2v) is 17.9. The summed E-state index contributed by atoms with van der Waals surface area (Å²) in [4.78, 5) is 31.3. The fraction of sp³-hybridized carbons (Fsp3) is 1.00. The first-order valence-corrected chi connectivity index (χ1v) is 25.1. The Morgan fingerprint density at radius 3 is 0.667 bits per heavy atom. The van der Waals surface area contributed by atoms with E-state index in [1.54, 1.807) is 0 Å². The fourth-order valence-corrected chi connectivity index (χ4v) is 8.12. The summed E-state index contributed by atoms with van der Waals surface area (Å²) < 4.78 is 3.60. The second kappa shape index (κ2) is 43.1. The lowest BCUT2D eigenvalue weighted by Gasteiger charge is -2.44. The zero-order chi connectivity index (χ0) is 40.4. The zero-order valence-electron chi connectivity index (χ0n) is 35.5. The first-order valence-electron chi connectivity index (χ1n) is 22.8. The first kappa shape index (κ1) is 56.6. The van der Waals surface area contributed by atoms with Crippen LogP contribution >= 0.6 is 17.2 Å². The molecule has 0 saturated carbocycles. The SMILES string of the molecule is CCCCCCCCCCCCCCCCCCCC(O)(CCCCCCCCCCCCCCCCCCC)C(CO)(CO)CO.OP(O)OP(O)O. The Bertz CT molecular complexity index is 662. The van der Waals surface area contributed by atoms with E-state index in [1.807, 2.05) is 0 Å². The summed E-state index contributed by atoms with van der Waals surface area (Å²) in [7, 11) is -5.22. The highest BCUT2D eigenvalue weighted by Crippen LogP contribution is 2.42. The highest BCUT2D eigenvalue weighted by molar-refractivity contribution is 7.53. The molecule has 54 heavy (non-hydrogen) atoms. The Kier molecular flexibility index (Phi) is 45.2. The summed E-state index contributed by atoms with van der Waals surface area (Å²) in [5.74, 6) is 0. The van der Waals surface area contributed by atoms with Gasteiger partial charge in [0, 0.05) is 0 Å². The molecular weight excluding hydrogens is 722 g/mol. The lowest BCUT2D eigenvalue weighted by molar-refractivity contribution is -0.162. The van der Waals surface area contributed by atoms with Crippen molar-refractivity contribution in [2.24, 2.45) is 5.41 Å². The van der Waals surface area contributed by atoms with Gasteiger partial charge in [0.05, 0.1) is 30.8 Å². The number of hydrogen-bond donors (Lipinski definition) is 8. The van der Waals surface area contributed by atoms with Crippen molar-refractivity contribution >= 4 is 17.2 Å². The van der Waals surface area contributed by atoms with Crippen LogP contribution in [-0.2, 0) is 4.31 Å². The normalized spacial score (nSPS) is 12.2. The molecular formula is C43H92O9P2. The molecule has 0 fully saturated rings. The summed E-state index contributed by atoms with van der Waals surface area (Å²) in [5.41, 5.74) is -2.44. The highest BCUT2D eigenvalue weighted by Gasteiger charge is 2.48. The van der Waals surface area contributed by atoms with E-state index >= 15 is 0 Å². The molecule has 0 atom stereocenters. The topological polar surface area (TPSA) is 171 Å². The third kappa shape index (κ3) is 35.6. The van der Waals surface area contributed by atoms with Gasteiger partial charge < -0.3 is 40.0 Å². The maximum atomic E-state index is 11.7. The van der Waals surface area contributed by atoms with Crippen LogP contribution in [0.2, 0.25) is 0 Å². The predicted octanol–water partition coefficient (Wildman–Crippen LogP) is 12.2. The molecule has 0 bridgehead atoms. The lowest BCUT2D eigenvalue weighted by Crippen LogP contribution is -2.55. The molecule has 8 N–H and O–H groups in total. The largest absolute Gasteiger partial charge is 0.395 e. The van der Waals surface area contributed by atoms with Crippen LogP contribution in [0.25, 0.3) is 0 Å². The van der Waals surface area contributed by atoms with E-state index in [2.05, 4.69) is 18.2 Å². The van der Waals surface area contributed by atoms with Gasteiger partial charge in [0.2, 0.25) is 0 Å². The standard InChI is InChI=1S/C43H88O4.H4O5P2/c1-3-5-7-9-11-13-15-17-19-21-23-25-27-29-31-33-35-37-43(47,42(39-44,40-45)41-46)38-36-34-32-30-28-26-24-22-20-18-16-14-12-10-8-6-4-2;1-6(2)5-7(3)4/h44-47H,3-41H2,1-2H3;1-4H. The maximum absolute atomic E-state index is 11.7. The van der Waals surface area contributed by atoms with Crippen LogP contribution in [0.3, 0.4) is 0 Å². The zero-order valence-corrected chi connectivity index (χ0v) is 37.2. The van der Waals surface area contributed by atoms with Gasteiger partial charge in [-0.1, -0.05) is 232 Å². The first-order chi connectivity index (χ1) is 26.2. The van der Waals surface area contributed by atoms with Crippen LogP contribution in [0.5, 0.6) is 0 Å². The molecule has 328 valence electrons. The van der Waals surface area contributed by atoms with Gasteiger partial charge in [-0.3, -0.25) is 0 Å². The molecule has 0 saturated heterocycles. The van der Waals surface area contributed by atoms with E-state index in [-0.39, 0.29) is 19.8 Å². The van der Waals surface area contributed by atoms with Crippen LogP contribution in [0.4, 0.5) is 0 Å². The van der Waals surface area contributed by atoms with Gasteiger partial charge in [-0.15, -0.1) is 0 Å². The molecule has 0 amide bonds. The third-order valence-electron chi connectivity index (χ3n) is 11.4. The molecule has 0 spiro atoms. The molecule has 0 rings (SSSR count). The molecule has 0 aromatic carbocycles. The summed E-state index contributed by atoms with van der Waals surface area (Å²) >= 11 is 0. The maximum Gasteiger partial charge on any atom is 0.334 e. The Hall–Kier alpha value is 0.500. The molecule has 0 heterocycles. The minimum Gasteiger partial charge on any atom is -0.395 e. The Balaban J connectivity index is 0. The van der Waals surface area contributed by atoms with Crippen molar-refractivity contribution in [3.05, 3.63) is 0 Å². The average molecular weight is 815 g/mol. The second-order valence-electron chi connectivity index (χ2n) is 16.2. The van der Waals surface area contributed by atoms with Crippen LogP contribution in [-0.4, -0.2) is 65.4 Å². The number of aliphatic hydroxyl groups excluding tert-OH is 3. The molecule has 0 radical (unpaired) electrons. The van der Waals surface area contributed by atoms with Crippen LogP contribution in [0.1, 0.15) is 245 Å². The van der Waals surface area contributed by atoms with Crippen LogP contribution in [0.15, 0.2) is 0 Å². The Morgan fingerprint density at radius 2 is 0.519 bits per heavy atom. The molecule has 0 aromatic heterocycles. The Morgan fingerprint density at radius 1 is 0.333 bits per heavy atom. The molecule has 0 aliphatic heterocycles. The molecule has 0 aromatic rings. The highest BCUT2D eigenvalue weighted by atomic mass is 31.2. The van der Waals surface area contributed by atoms with Gasteiger partial charge in [-0.25, -0.2) is 4.31 Å². The number of unbranched alkanes of at least 4 members (excludes halogenated alkanes) is 32. The van der Waals surface area contributed by atoms with Crippen molar-refractivity contribution in [2.75, 3.05) is 19.8 Å². The van der Waals surface area contributed by atoms with Gasteiger partial charge in [-0.2, -0.15) is 0 Å². The molecule has 0 aliphatic carbocycles. The monoisotopic (exact) mass is 815 g/mol. The summed E-state index contributed by atoms with van der Waals surface area (Å²) in [5, 5.41) is 42.1. The predicted molar refractivity (Wildman–Crippen MR) is 230 cm³/mol. The Labute approximate surface area is 336 Å². The number of hydrogen-bond acceptors (Lipinski definition) is 9. The van der Waals surface area contributed by atoms with E-state index in [9.17, 15) is 20.4 Å². The van der Waals surface area contributed by atoms with E-state index < -0.39 is 28.2 Å². The van der Waals surface area contributed by atoms with Crippen molar-refractivity contribution in [3.63, 3.8) is 0 Å². The quantitative estimate of drug-likeness (QED) is 0.0221. The van der Waals surface area contributed by atoms with Crippen LogP contribution < -0.4 is 0 Å². The van der Waals surface area contributed by atoms with E-state index in [0.717, 1.165) is 25.7 Å². The summed E-state index contributed by atoms with van der Waals surface area (Å²) in [6.45, 7) is 3.42. The van der Waals surface area contributed by atoms with Gasteiger partial charge in [0.15, 0.2) is 0 Å². The van der Waals surface area contributed by atoms with Crippen molar-refractivity contribution < 1.29 is 44.3 Å². The van der Waals surface area contributed by atoms with E-state index in [4.69, 9.17) is 19.6 Å². The summed E-state index contributed by atoms with van der Waals surface area (Å²) in [6, 6.07) is 0. The van der Waals surface area contributed by atoms with Crippen molar-refractivity contribution in [1.29, 1.82) is 0 Å². The minimum atomic E-state index is -2.61. The minimum absolute atomic E-state index is 0.381. The fourth-order valence-electron chi connectivity index (χ4n) is 7.60. The molecule has 9 nitrogen and oxygen atoms in total. The average Bonchev–Trinajstić information content (AvgIpc) is 3.14. The van der Waals surface area contributed by atoms with Crippen molar-refractivity contribution in [1.82, 2.24) is 0 Å². The number of rotatable bonds is 42. The van der Waals surface area contributed by atoms with Crippen molar-refractivity contribution in [3.8, 4) is 0 Å². The van der Waals surface area contributed by atoms with Gasteiger partial charge in [0.25, 0.3) is 0 Å². The van der Waals surface area contributed by atoms with E-state index in [1.165, 1.54) is 193 Å². The molecule has 0 unspecified atom stereocenters. The van der Waals surface area contributed by atoms with Gasteiger partial charge in [0.1, 0.15) is 0 Å².